The zero-order valence-electron chi connectivity index (χ0n) is 21.9. The Morgan fingerprint density at radius 3 is 2.57 bits per heavy atom. The summed E-state index contributed by atoms with van der Waals surface area (Å²) in [5, 5.41) is 7.74. The van der Waals surface area contributed by atoms with E-state index in [4.69, 9.17) is 0 Å². The van der Waals surface area contributed by atoms with Gasteiger partial charge < -0.3 is 20.0 Å². The fourth-order valence-electron chi connectivity index (χ4n) is 5.66. The molecule has 4 heterocycles. The molecule has 0 aromatic carbocycles. The van der Waals surface area contributed by atoms with E-state index in [0.717, 1.165) is 44.3 Å². The first kappa shape index (κ1) is 25.2. The van der Waals surface area contributed by atoms with E-state index in [0.29, 0.717) is 38.4 Å². The van der Waals surface area contributed by atoms with Gasteiger partial charge in [0.25, 0.3) is 11.8 Å². The van der Waals surface area contributed by atoms with Gasteiger partial charge in [-0.2, -0.15) is 5.10 Å². The maximum atomic E-state index is 13.6. The number of carbonyl (C=O) groups excluding carboxylic acids is 3. The first-order valence-electron chi connectivity index (χ1n) is 13.6. The highest BCUT2D eigenvalue weighted by molar-refractivity contribution is 6.02. The molecule has 2 aromatic rings. The molecule has 1 aliphatic carbocycles. The number of aromatic nitrogens is 3. The Hall–Kier alpha value is -3.43. The first-order valence-corrected chi connectivity index (χ1v) is 13.6. The molecule has 1 N–H and O–H groups in total. The van der Waals surface area contributed by atoms with E-state index in [2.05, 4.69) is 27.2 Å². The summed E-state index contributed by atoms with van der Waals surface area (Å²) in [5.41, 5.74) is -0.425. The number of hydrogen-bond donors (Lipinski definition) is 1. The van der Waals surface area contributed by atoms with Crippen molar-refractivity contribution in [1.29, 1.82) is 0 Å². The van der Waals surface area contributed by atoms with Crippen LogP contribution in [0.1, 0.15) is 73.3 Å². The van der Waals surface area contributed by atoms with Gasteiger partial charge in [-0.25, -0.2) is 4.98 Å². The Balaban J connectivity index is 1.33. The highest BCUT2D eigenvalue weighted by Crippen LogP contribution is 2.29. The molecule has 1 atom stereocenters. The Morgan fingerprint density at radius 2 is 1.89 bits per heavy atom. The van der Waals surface area contributed by atoms with Gasteiger partial charge in [-0.3, -0.25) is 19.1 Å². The second kappa shape index (κ2) is 10.5. The quantitative estimate of drug-likeness (QED) is 0.617. The molecule has 2 fully saturated rings. The van der Waals surface area contributed by atoms with Crippen molar-refractivity contribution in [3.05, 3.63) is 41.9 Å². The second-order valence-corrected chi connectivity index (χ2v) is 10.6. The van der Waals surface area contributed by atoms with Crippen LogP contribution in [0.25, 0.3) is 0 Å². The van der Waals surface area contributed by atoms with Crippen LogP contribution in [0.2, 0.25) is 0 Å². The van der Waals surface area contributed by atoms with Crippen molar-refractivity contribution >= 4 is 23.5 Å². The molecule has 1 unspecified atom stereocenters. The summed E-state index contributed by atoms with van der Waals surface area (Å²) in [6, 6.07) is 7.57. The number of carbonyl (C=O) groups is 3. The fraction of sp³-hybridized carbons (Fsp3) is 0.593. The Labute approximate surface area is 218 Å². The third-order valence-corrected chi connectivity index (χ3v) is 7.97. The molecule has 10 nitrogen and oxygen atoms in total. The molecule has 0 spiro atoms. The molecular formula is C27H37N7O3. The maximum Gasteiger partial charge on any atom is 0.274 e. The number of fused-ring (bicyclic) bond motifs is 1. The molecule has 0 radical (unpaired) electrons. The maximum absolute atomic E-state index is 13.6. The fourth-order valence-corrected chi connectivity index (χ4v) is 5.66. The van der Waals surface area contributed by atoms with Gasteiger partial charge in [0.05, 0.1) is 6.54 Å². The summed E-state index contributed by atoms with van der Waals surface area (Å²) in [5.74, 6) is 0.339. The van der Waals surface area contributed by atoms with Gasteiger partial charge in [-0.05, 0) is 38.3 Å². The number of anilines is 1. The number of nitrogens with one attached hydrogen (secondary N) is 1. The highest BCUT2D eigenvalue weighted by atomic mass is 16.2. The van der Waals surface area contributed by atoms with Crippen molar-refractivity contribution in [2.75, 3.05) is 37.6 Å². The normalized spacial score (nSPS) is 22.3. The van der Waals surface area contributed by atoms with E-state index < -0.39 is 5.54 Å². The van der Waals surface area contributed by atoms with Crippen LogP contribution in [-0.4, -0.2) is 86.6 Å². The first-order chi connectivity index (χ1) is 17.9. The average Bonchev–Trinajstić information content (AvgIpc) is 3.59. The molecule has 2 aliphatic heterocycles. The predicted octanol–water partition coefficient (Wildman–Crippen LogP) is 2.31. The lowest BCUT2D eigenvalue weighted by atomic mass is 9.94. The van der Waals surface area contributed by atoms with Crippen LogP contribution in [0.3, 0.4) is 0 Å². The third-order valence-electron chi connectivity index (χ3n) is 7.97. The lowest BCUT2D eigenvalue weighted by Gasteiger charge is -2.43. The highest BCUT2D eigenvalue weighted by Gasteiger charge is 2.48. The second-order valence-electron chi connectivity index (χ2n) is 10.6. The van der Waals surface area contributed by atoms with Crippen LogP contribution in [0, 0.1) is 0 Å². The van der Waals surface area contributed by atoms with Crippen LogP contribution in [0.4, 0.5) is 5.82 Å². The average molecular weight is 508 g/mol. The minimum atomic E-state index is -1.05. The molecule has 5 rings (SSSR count). The van der Waals surface area contributed by atoms with Gasteiger partial charge in [0.15, 0.2) is 5.69 Å². The van der Waals surface area contributed by atoms with Crippen LogP contribution >= 0.6 is 0 Å². The lowest BCUT2D eigenvalue weighted by molar-refractivity contribution is -0.133. The largest absolute Gasteiger partial charge is 0.353 e. The summed E-state index contributed by atoms with van der Waals surface area (Å²) >= 11 is 0. The number of rotatable bonds is 7. The number of amides is 3. The molecule has 37 heavy (non-hydrogen) atoms. The van der Waals surface area contributed by atoms with Crippen LogP contribution in [0.5, 0.6) is 0 Å². The predicted molar refractivity (Wildman–Crippen MR) is 139 cm³/mol. The zero-order valence-corrected chi connectivity index (χ0v) is 21.9. The minimum Gasteiger partial charge on any atom is -0.353 e. The van der Waals surface area contributed by atoms with Crippen LogP contribution < -0.4 is 10.2 Å². The SMILES string of the molecule is CCCCN1C(=O)c2cc(C(=O)N3CCN(c4ccccn4)CC3)nn2CC1(C)C(=O)NC1CCCC1. The molecule has 1 saturated carbocycles. The third kappa shape index (κ3) is 4.93. The summed E-state index contributed by atoms with van der Waals surface area (Å²) in [4.78, 5) is 50.5. The molecule has 2 aromatic heterocycles. The monoisotopic (exact) mass is 507 g/mol. The van der Waals surface area contributed by atoms with E-state index in [-0.39, 0.29) is 36.0 Å². The van der Waals surface area contributed by atoms with Gasteiger partial charge in [0, 0.05) is 51.0 Å². The van der Waals surface area contributed by atoms with Gasteiger partial charge in [0.1, 0.15) is 17.1 Å². The van der Waals surface area contributed by atoms with Crippen molar-refractivity contribution in [3.63, 3.8) is 0 Å². The number of pyridine rings is 1. The number of hydrogen-bond acceptors (Lipinski definition) is 6. The van der Waals surface area contributed by atoms with Crippen LogP contribution in [0.15, 0.2) is 30.5 Å². The van der Waals surface area contributed by atoms with Crippen molar-refractivity contribution in [3.8, 4) is 0 Å². The molecule has 3 aliphatic rings. The van der Waals surface area contributed by atoms with Gasteiger partial charge >= 0.3 is 0 Å². The Morgan fingerprint density at radius 1 is 1.14 bits per heavy atom. The van der Waals surface area contributed by atoms with Gasteiger partial charge in [-0.1, -0.05) is 32.3 Å². The standard InChI is InChI=1S/C27H37N7O3/c1-3-4-13-33-25(36)22-18-21(24(35)32-16-14-31(15-17-32)23-11-7-8-12-28-23)30-34(22)19-27(33,2)26(37)29-20-9-5-6-10-20/h7-8,11-12,18,20H,3-6,9-10,13-17,19H2,1-2H3,(H,29,37). The van der Waals surface area contributed by atoms with E-state index >= 15 is 0 Å². The Bertz CT molecular complexity index is 1140. The lowest BCUT2D eigenvalue weighted by Crippen LogP contribution is -2.65. The molecular weight excluding hydrogens is 470 g/mol. The molecule has 198 valence electrons. The molecule has 1 saturated heterocycles. The Kier molecular flexibility index (Phi) is 7.17. The summed E-state index contributed by atoms with van der Waals surface area (Å²) < 4.78 is 1.57. The number of unbranched alkanes of at least 4 members (excludes halogenated alkanes) is 1. The number of nitrogens with zero attached hydrogens (tertiary/aromatic N) is 6. The van der Waals surface area contributed by atoms with Crippen molar-refractivity contribution in [2.24, 2.45) is 0 Å². The van der Waals surface area contributed by atoms with Crippen molar-refractivity contribution in [2.45, 2.75) is 70.5 Å². The summed E-state index contributed by atoms with van der Waals surface area (Å²) in [7, 11) is 0. The molecule has 0 bridgehead atoms. The van der Waals surface area contributed by atoms with E-state index in [1.807, 2.05) is 25.1 Å². The van der Waals surface area contributed by atoms with E-state index in [9.17, 15) is 14.4 Å². The number of piperazine rings is 1. The smallest absolute Gasteiger partial charge is 0.274 e. The van der Waals surface area contributed by atoms with Crippen molar-refractivity contribution < 1.29 is 14.4 Å². The zero-order chi connectivity index (χ0) is 26.0. The van der Waals surface area contributed by atoms with Gasteiger partial charge in [-0.15, -0.1) is 0 Å². The van der Waals surface area contributed by atoms with Gasteiger partial charge in [0.2, 0.25) is 5.91 Å². The topological polar surface area (TPSA) is 104 Å². The molecule has 3 amide bonds. The molecule has 10 heteroatoms. The van der Waals surface area contributed by atoms with E-state index in [1.165, 1.54) is 0 Å². The van der Waals surface area contributed by atoms with Crippen LogP contribution in [-0.2, 0) is 11.3 Å². The van der Waals surface area contributed by atoms with Crippen molar-refractivity contribution in [1.82, 2.24) is 29.9 Å². The van der Waals surface area contributed by atoms with E-state index in [1.54, 1.807) is 26.7 Å². The summed E-state index contributed by atoms with van der Waals surface area (Å²) in [6.45, 7) is 7.09. The summed E-state index contributed by atoms with van der Waals surface area (Å²) in [6.07, 6.45) is 7.67. The minimum absolute atomic E-state index is 0.136.